The third-order valence-electron chi connectivity index (χ3n) is 3.99. The normalized spacial score (nSPS) is 17.1. The number of aromatic nitrogens is 3. The van der Waals surface area contributed by atoms with Crippen molar-refractivity contribution in [2.24, 2.45) is 0 Å². The number of hydrogen-bond donors (Lipinski definition) is 1. The summed E-state index contributed by atoms with van der Waals surface area (Å²) in [6.07, 6.45) is 1.74. The third kappa shape index (κ3) is 3.01. The molecule has 0 bridgehead atoms. The lowest BCUT2D eigenvalue weighted by atomic mass is 10.1. The van der Waals surface area contributed by atoms with Crippen LogP contribution in [0.1, 0.15) is 34.0 Å². The maximum atomic E-state index is 12.3. The number of carbonyl (C=O) groups is 1. The van der Waals surface area contributed by atoms with Crippen LogP contribution in [0.3, 0.4) is 0 Å². The number of carbonyl (C=O) groups excluding carboxylic acids is 1. The van der Waals surface area contributed by atoms with Crippen LogP contribution in [0, 0.1) is 6.92 Å². The molecule has 116 valence electrons. The van der Waals surface area contributed by atoms with E-state index in [-0.39, 0.29) is 11.9 Å². The highest BCUT2D eigenvalue weighted by Gasteiger charge is 2.23. The van der Waals surface area contributed by atoms with E-state index >= 15 is 0 Å². The Morgan fingerprint density at radius 1 is 1.36 bits per heavy atom. The van der Waals surface area contributed by atoms with E-state index in [2.05, 4.69) is 20.1 Å². The third-order valence-corrected chi connectivity index (χ3v) is 3.99. The van der Waals surface area contributed by atoms with Crippen LogP contribution in [0.15, 0.2) is 24.3 Å². The van der Waals surface area contributed by atoms with E-state index < -0.39 is 0 Å². The molecular weight excluding hydrogens is 280 g/mol. The Bertz CT molecular complexity index is 663. The first kappa shape index (κ1) is 14.7. The number of ether oxygens (including phenoxy) is 1. The number of methoxy groups -OCH3 is 1. The highest BCUT2D eigenvalue weighted by molar-refractivity contribution is 5.94. The molecule has 0 aliphatic carbocycles. The summed E-state index contributed by atoms with van der Waals surface area (Å²) in [5.41, 5.74) is 1.73. The number of rotatable bonds is 4. The molecule has 1 unspecified atom stereocenters. The molecule has 3 rings (SSSR count). The van der Waals surface area contributed by atoms with Gasteiger partial charge >= 0.3 is 0 Å². The summed E-state index contributed by atoms with van der Waals surface area (Å²) in [6, 6.07) is 7.63. The van der Waals surface area contributed by atoms with Crippen molar-refractivity contribution in [3.8, 4) is 0 Å². The summed E-state index contributed by atoms with van der Waals surface area (Å²) in [7, 11) is 1.66. The van der Waals surface area contributed by atoms with E-state index in [1.54, 1.807) is 7.11 Å². The summed E-state index contributed by atoms with van der Waals surface area (Å²) in [5.74, 6) is 1.87. The minimum Gasteiger partial charge on any atom is -0.380 e. The minimum absolute atomic E-state index is 0.0388. The van der Waals surface area contributed by atoms with Gasteiger partial charge in [0.05, 0.1) is 6.61 Å². The van der Waals surface area contributed by atoms with Gasteiger partial charge in [-0.1, -0.05) is 12.1 Å². The van der Waals surface area contributed by atoms with Crippen LogP contribution in [-0.2, 0) is 24.3 Å². The molecule has 0 spiro atoms. The molecule has 22 heavy (non-hydrogen) atoms. The molecule has 1 N–H and O–H groups in total. The molecule has 1 amide bonds. The molecule has 6 nitrogen and oxygen atoms in total. The van der Waals surface area contributed by atoms with Gasteiger partial charge in [0.25, 0.3) is 5.91 Å². The van der Waals surface area contributed by atoms with E-state index in [1.165, 1.54) is 0 Å². The standard InChI is InChI=1S/C16H20N4O2/c1-11-18-19-15-8-7-14(9-20(11)15)17-16(21)13-5-3-12(4-6-13)10-22-2/h3-6,14H,7-10H2,1-2H3,(H,17,21). The van der Waals surface area contributed by atoms with Crippen LogP contribution >= 0.6 is 0 Å². The van der Waals surface area contributed by atoms with Crippen LogP contribution < -0.4 is 5.32 Å². The van der Waals surface area contributed by atoms with E-state index in [4.69, 9.17) is 4.74 Å². The zero-order valence-corrected chi connectivity index (χ0v) is 12.9. The molecule has 2 aromatic rings. The van der Waals surface area contributed by atoms with Crippen LogP contribution in [-0.4, -0.2) is 33.8 Å². The maximum Gasteiger partial charge on any atom is 0.251 e. The molecular formula is C16H20N4O2. The molecule has 2 heterocycles. The molecule has 0 saturated heterocycles. The number of nitrogens with one attached hydrogen (secondary N) is 1. The predicted molar refractivity (Wildman–Crippen MR) is 81.5 cm³/mol. The van der Waals surface area contributed by atoms with Crippen LogP contribution in [0.5, 0.6) is 0 Å². The average Bonchev–Trinajstić information content (AvgIpc) is 2.89. The lowest BCUT2D eigenvalue weighted by Crippen LogP contribution is -2.41. The first-order chi connectivity index (χ1) is 10.7. The summed E-state index contributed by atoms with van der Waals surface area (Å²) >= 11 is 0. The molecule has 1 aliphatic heterocycles. The van der Waals surface area contributed by atoms with Gasteiger partial charge in [0.15, 0.2) is 0 Å². The predicted octanol–water partition coefficient (Wildman–Crippen LogP) is 1.48. The highest BCUT2D eigenvalue weighted by Crippen LogP contribution is 2.15. The SMILES string of the molecule is COCc1ccc(C(=O)NC2CCc3nnc(C)n3C2)cc1. The van der Waals surface area contributed by atoms with Gasteiger partial charge in [0.1, 0.15) is 11.6 Å². The van der Waals surface area contributed by atoms with Gasteiger partial charge in [-0.25, -0.2) is 0 Å². The Balaban J connectivity index is 1.63. The zero-order valence-electron chi connectivity index (χ0n) is 12.9. The monoisotopic (exact) mass is 300 g/mol. The molecule has 0 saturated carbocycles. The van der Waals surface area contributed by atoms with Crippen molar-refractivity contribution in [3.05, 3.63) is 47.0 Å². The van der Waals surface area contributed by atoms with Gasteiger partial charge in [0, 0.05) is 31.7 Å². The number of benzene rings is 1. The number of nitrogens with zero attached hydrogens (tertiary/aromatic N) is 3. The summed E-state index contributed by atoms with van der Waals surface area (Å²) in [4.78, 5) is 12.3. The summed E-state index contributed by atoms with van der Waals surface area (Å²) in [5, 5.41) is 11.3. The van der Waals surface area contributed by atoms with Gasteiger partial charge < -0.3 is 14.6 Å². The van der Waals surface area contributed by atoms with Crippen molar-refractivity contribution in [2.75, 3.05) is 7.11 Å². The van der Waals surface area contributed by atoms with Crippen LogP contribution in [0.2, 0.25) is 0 Å². The van der Waals surface area contributed by atoms with Crippen molar-refractivity contribution in [1.82, 2.24) is 20.1 Å². The van der Waals surface area contributed by atoms with Crippen molar-refractivity contribution in [2.45, 2.75) is 39.0 Å². The fraction of sp³-hybridized carbons (Fsp3) is 0.438. The molecule has 1 atom stereocenters. The molecule has 1 aliphatic rings. The molecule has 1 aromatic heterocycles. The molecule has 0 radical (unpaired) electrons. The largest absolute Gasteiger partial charge is 0.380 e. The Hall–Kier alpha value is -2.21. The van der Waals surface area contributed by atoms with E-state index in [0.717, 1.165) is 36.6 Å². The number of aryl methyl sites for hydroxylation is 2. The lowest BCUT2D eigenvalue weighted by molar-refractivity contribution is 0.0927. The summed E-state index contributed by atoms with van der Waals surface area (Å²) in [6.45, 7) is 3.23. The fourth-order valence-corrected chi connectivity index (χ4v) is 2.77. The van der Waals surface area contributed by atoms with Crippen molar-refractivity contribution in [1.29, 1.82) is 0 Å². The number of amides is 1. The first-order valence-corrected chi connectivity index (χ1v) is 7.45. The van der Waals surface area contributed by atoms with Crippen molar-refractivity contribution < 1.29 is 9.53 Å². The molecule has 1 aromatic carbocycles. The maximum absolute atomic E-state index is 12.3. The fourth-order valence-electron chi connectivity index (χ4n) is 2.77. The zero-order chi connectivity index (χ0) is 15.5. The average molecular weight is 300 g/mol. The second-order valence-electron chi connectivity index (χ2n) is 5.61. The first-order valence-electron chi connectivity index (χ1n) is 7.45. The van der Waals surface area contributed by atoms with Crippen LogP contribution in [0.4, 0.5) is 0 Å². The second kappa shape index (κ2) is 6.27. The lowest BCUT2D eigenvalue weighted by Gasteiger charge is -2.25. The molecule has 6 heteroatoms. The van der Waals surface area contributed by atoms with Crippen molar-refractivity contribution in [3.63, 3.8) is 0 Å². The quantitative estimate of drug-likeness (QED) is 0.928. The topological polar surface area (TPSA) is 69.0 Å². The van der Waals surface area contributed by atoms with Gasteiger partial charge in [-0.15, -0.1) is 10.2 Å². The van der Waals surface area contributed by atoms with Gasteiger partial charge in [0.2, 0.25) is 0 Å². The second-order valence-corrected chi connectivity index (χ2v) is 5.61. The van der Waals surface area contributed by atoms with E-state index in [1.807, 2.05) is 31.2 Å². The Morgan fingerprint density at radius 2 is 2.14 bits per heavy atom. The Morgan fingerprint density at radius 3 is 2.86 bits per heavy atom. The van der Waals surface area contributed by atoms with Gasteiger partial charge in [-0.05, 0) is 31.0 Å². The number of fused-ring (bicyclic) bond motifs is 1. The van der Waals surface area contributed by atoms with Crippen molar-refractivity contribution >= 4 is 5.91 Å². The summed E-state index contributed by atoms with van der Waals surface area (Å²) < 4.78 is 7.15. The van der Waals surface area contributed by atoms with Gasteiger partial charge in [-0.2, -0.15) is 0 Å². The minimum atomic E-state index is -0.0388. The Labute approximate surface area is 129 Å². The van der Waals surface area contributed by atoms with E-state index in [9.17, 15) is 4.79 Å². The highest BCUT2D eigenvalue weighted by atomic mass is 16.5. The molecule has 0 fully saturated rings. The van der Waals surface area contributed by atoms with Crippen LogP contribution in [0.25, 0.3) is 0 Å². The van der Waals surface area contributed by atoms with Gasteiger partial charge in [-0.3, -0.25) is 4.79 Å². The smallest absolute Gasteiger partial charge is 0.251 e. The Kier molecular flexibility index (Phi) is 4.20. The van der Waals surface area contributed by atoms with E-state index in [0.29, 0.717) is 12.2 Å². The number of hydrogen-bond acceptors (Lipinski definition) is 4.